The Bertz CT molecular complexity index is 1390. The summed E-state index contributed by atoms with van der Waals surface area (Å²) in [7, 11) is 0. The summed E-state index contributed by atoms with van der Waals surface area (Å²) in [6, 6.07) is 15.4. The molecule has 4 rings (SSSR count). The molecule has 0 aliphatic carbocycles. The fourth-order valence-corrected chi connectivity index (χ4v) is 4.12. The van der Waals surface area contributed by atoms with Crippen molar-refractivity contribution in [3.8, 4) is 17.3 Å². The maximum atomic E-state index is 11.6. The molecule has 148 valence electrons. The lowest BCUT2D eigenvalue weighted by molar-refractivity contribution is 0.560. The summed E-state index contributed by atoms with van der Waals surface area (Å²) >= 11 is 1.43. The summed E-state index contributed by atoms with van der Waals surface area (Å²) in [6.07, 6.45) is 1.62. The molecule has 0 amide bonds. The number of anilines is 1. The molecular weight excluding hydrogens is 394 g/mol. The van der Waals surface area contributed by atoms with Crippen molar-refractivity contribution in [3.05, 3.63) is 86.2 Å². The van der Waals surface area contributed by atoms with Crippen molar-refractivity contribution in [3.63, 3.8) is 0 Å². The SMILES string of the molecule is Cc1ccc(-c2csc(/C(C#N)=C/Nc3ccc4c(C)cc(=O)oc4c3)n2)c(C)c1. The summed E-state index contributed by atoms with van der Waals surface area (Å²) < 4.78 is 5.28. The van der Waals surface area contributed by atoms with E-state index >= 15 is 0 Å². The van der Waals surface area contributed by atoms with Crippen LogP contribution in [0.2, 0.25) is 0 Å². The van der Waals surface area contributed by atoms with E-state index < -0.39 is 0 Å². The van der Waals surface area contributed by atoms with Crippen LogP contribution in [0.3, 0.4) is 0 Å². The van der Waals surface area contributed by atoms with Gasteiger partial charge in [-0.3, -0.25) is 0 Å². The second-order valence-electron chi connectivity index (χ2n) is 7.13. The number of nitrogens with zero attached hydrogens (tertiary/aromatic N) is 2. The van der Waals surface area contributed by atoms with Gasteiger partial charge in [0, 0.05) is 40.3 Å². The number of benzene rings is 2. The van der Waals surface area contributed by atoms with Gasteiger partial charge in [0.25, 0.3) is 0 Å². The van der Waals surface area contributed by atoms with Crippen LogP contribution in [0.5, 0.6) is 0 Å². The van der Waals surface area contributed by atoms with Crippen molar-refractivity contribution in [1.82, 2.24) is 4.98 Å². The molecule has 0 aliphatic rings. The van der Waals surface area contributed by atoms with E-state index in [0.717, 1.165) is 33.5 Å². The van der Waals surface area contributed by atoms with Crippen LogP contribution in [0.15, 0.2) is 63.3 Å². The van der Waals surface area contributed by atoms with E-state index in [2.05, 4.69) is 48.4 Å². The Balaban J connectivity index is 1.62. The first-order chi connectivity index (χ1) is 14.4. The van der Waals surface area contributed by atoms with Gasteiger partial charge in [0.2, 0.25) is 0 Å². The predicted molar refractivity (Wildman–Crippen MR) is 121 cm³/mol. The maximum Gasteiger partial charge on any atom is 0.336 e. The second-order valence-corrected chi connectivity index (χ2v) is 7.99. The molecule has 6 heteroatoms. The van der Waals surface area contributed by atoms with Crippen LogP contribution >= 0.6 is 11.3 Å². The first kappa shape index (κ1) is 19.6. The molecule has 2 aromatic heterocycles. The van der Waals surface area contributed by atoms with Gasteiger partial charge in [0.15, 0.2) is 0 Å². The lowest BCUT2D eigenvalue weighted by atomic mass is 10.0. The van der Waals surface area contributed by atoms with E-state index in [0.29, 0.717) is 16.2 Å². The van der Waals surface area contributed by atoms with Crippen molar-refractivity contribution in [2.24, 2.45) is 0 Å². The molecule has 1 N–H and O–H groups in total. The number of aromatic nitrogens is 1. The van der Waals surface area contributed by atoms with Gasteiger partial charge in [-0.25, -0.2) is 9.78 Å². The smallest absolute Gasteiger partial charge is 0.336 e. The zero-order valence-corrected chi connectivity index (χ0v) is 17.6. The van der Waals surface area contributed by atoms with Gasteiger partial charge in [0.05, 0.1) is 5.69 Å². The van der Waals surface area contributed by atoms with E-state index in [1.54, 1.807) is 12.3 Å². The van der Waals surface area contributed by atoms with Crippen LogP contribution < -0.4 is 10.9 Å². The Morgan fingerprint density at radius 3 is 2.73 bits per heavy atom. The van der Waals surface area contributed by atoms with Crippen molar-refractivity contribution in [2.75, 3.05) is 5.32 Å². The Morgan fingerprint density at radius 2 is 1.97 bits per heavy atom. The highest BCUT2D eigenvalue weighted by Gasteiger charge is 2.11. The third-order valence-corrected chi connectivity index (χ3v) is 5.72. The lowest BCUT2D eigenvalue weighted by Crippen LogP contribution is -1.98. The van der Waals surface area contributed by atoms with Gasteiger partial charge < -0.3 is 9.73 Å². The molecule has 4 aromatic rings. The maximum absolute atomic E-state index is 11.6. The highest BCUT2D eigenvalue weighted by Crippen LogP contribution is 2.29. The van der Waals surface area contributed by atoms with E-state index in [-0.39, 0.29) is 5.63 Å². The molecule has 0 aliphatic heterocycles. The fourth-order valence-electron chi connectivity index (χ4n) is 3.33. The minimum absolute atomic E-state index is 0.382. The van der Waals surface area contributed by atoms with Gasteiger partial charge in [-0.1, -0.05) is 23.8 Å². The summed E-state index contributed by atoms with van der Waals surface area (Å²) in [5, 5.41) is 16.2. The van der Waals surface area contributed by atoms with Gasteiger partial charge in [0.1, 0.15) is 22.2 Å². The number of fused-ring (bicyclic) bond motifs is 1. The first-order valence-electron chi connectivity index (χ1n) is 9.39. The molecule has 30 heavy (non-hydrogen) atoms. The number of hydrogen-bond donors (Lipinski definition) is 1. The normalized spacial score (nSPS) is 11.5. The zero-order valence-electron chi connectivity index (χ0n) is 16.8. The molecule has 2 heterocycles. The van der Waals surface area contributed by atoms with Crippen molar-refractivity contribution in [1.29, 1.82) is 5.26 Å². The van der Waals surface area contributed by atoms with Crippen LogP contribution in [-0.4, -0.2) is 4.98 Å². The van der Waals surface area contributed by atoms with Gasteiger partial charge >= 0.3 is 5.63 Å². The third-order valence-electron chi connectivity index (χ3n) is 4.85. The summed E-state index contributed by atoms with van der Waals surface area (Å²) in [6.45, 7) is 5.99. The fraction of sp³-hybridized carbons (Fsp3) is 0.125. The number of aryl methyl sites for hydroxylation is 3. The van der Waals surface area contributed by atoms with Crippen molar-refractivity contribution >= 4 is 33.6 Å². The number of nitriles is 1. The number of thiazole rings is 1. The first-order valence-corrected chi connectivity index (χ1v) is 10.3. The van der Waals surface area contributed by atoms with Gasteiger partial charge in [-0.05, 0) is 44.0 Å². The highest BCUT2D eigenvalue weighted by atomic mass is 32.1. The Hall–Kier alpha value is -3.69. The highest BCUT2D eigenvalue weighted by molar-refractivity contribution is 7.11. The standard InChI is InChI=1S/C24H19N3O2S/c1-14-4-6-19(15(2)8-14)21-13-30-24(27-21)17(11-25)12-26-18-5-7-20-16(3)9-23(28)29-22(20)10-18/h4-10,12-13,26H,1-3H3/b17-12+. The number of allylic oxidation sites excluding steroid dienone is 1. The molecule has 0 radical (unpaired) electrons. The minimum Gasteiger partial charge on any atom is -0.423 e. The van der Waals surface area contributed by atoms with Crippen LogP contribution in [0.1, 0.15) is 21.7 Å². The molecule has 0 bridgehead atoms. The second kappa shape index (κ2) is 7.97. The lowest BCUT2D eigenvalue weighted by Gasteiger charge is -2.05. The molecule has 0 saturated carbocycles. The quantitative estimate of drug-likeness (QED) is 0.337. The Morgan fingerprint density at radius 1 is 1.13 bits per heavy atom. The van der Waals surface area contributed by atoms with Crippen LogP contribution in [0, 0.1) is 32.1 Å². The zero-order chi connectivity index (χ0) is 21.3. The molecular formula is C24H19N3O2S. The van der Waals surface area contributed by atoms with E-state index in [1.807, 2.05) is 24.4 Å². The molecule has 5 nitrogen and oxygen atoms in total. The summed E-state index contributed by atoms with van der Waals surface area (Å²) in [5.74, 6) is 0. The van der Waals surface area contributed by atoms with Crippen LogP contribution in [0.4, 0.5) is 5.69 Å². The van der Waals surface area contributed by atoms with Gasteiger partial charge in [-0.15, -0.1) is 11.3 Å². The largest absolute Gasteiger partial charge is 0.423 e. The van der Waals surface area contributed by atoms with Crippen LogP contribution in [0.25, 0.3) is 27.8 Å². The minimum atomic E-state index is -0.382. The van der Waals surface area contributed by atoms with E-state index in [1.165, 1.54) is 23.0 Å². The molecule has 2 aromatic carbocycles. The molecule has 0 unspecified atom stereocenters. The average Bonchev–Trinajstić information content (AvgIpc) is 3.17. The number of hydrogen-bond acceptors (Lipinski definition) is 6. The van der Waals surface area contributed by atoms with Crippen molar-refractivity contribution < 1.29 is 4.42 Å². The topological polar surface area (TPSA) is 78.9 Å². The summed E-state index contributed by atoms with van der Waals surface area (Å²) in [5.41, 5.74) is 6.41. The molecule has 0 saturated heterocycles. The molecule has 0 fully saturated rings. The van der Waals surface area contributed by atoms with Crippen molar-refractivity contribution in [2.45, 2.75) is 20.8 Å². The Kier molecular flexibility index (Phi) is 5.21. The monoisotopic (exact) mass is 413 g/mol. The van der Waals surface area contributed by atoms with Crippen LogP contribution in [-0.2, 0) is 0 Å². The third kappa shape index (κ3) is 3.88. The average molecular weight is 414 g/mol. The molecule has 0 atom stereocenters. The van der Waals surface area contributed by atoms with E-state index in [9.17, 15) is 10.1 Å². The number of nitrogens with one attached hydrogen (secondary N) is 1. The summed E-state index contributed by atoms with van der Waals surface area (Å²) in [4.78, 5) is 16.3. The predicted octanol–water partition coefficient (Wildman–Crippen LogP) is 5.82. The van der Waals surface area contributed by atoms with Gasteiger partial charge in [-0.2, -0.15) is 5.26 Å². The number of rotatable bonds is 4. The van der Waals surface area contributed by atoms with E-state index in [4.69, 9.17) is 4.42 Å². The molecule has 0 spiro atoms. The Labute approximate surface area is 177 Å².